The van der Waals surface area contributed by atoms with E-state index in [0.717, 1.165) is 6.20 Å². The molecule has 1 aromatic heterocycles. The number of hydrogen-bond donors (Lipinski definition) is 3. The Morgan fingerprint density at radius 2 is 2.22 bits per heavy atom. The number of aliphatic hydroxyl groups excluding tert-OH is 2. The van der Waals surface area contributed by atoms with Crippen LogP contribution in [0.5, 0.6) is 5.75 Å². The average molecular weight is 509 g/mol. The third-order valence-corrected chi connectivity index (χ3v) is 6.68. The molecule has 2 aliphatic heterocycles. The number of nitrogens with zero attached hydrogens (tertiary/aromatic N) is 1. The molecule has 1 fully saturated rings. The molecule has 0 bridgehead atoms. The van der Waals surface area contributed by atoms with E-state index in [9.17, 15) is 24.4 Å². The van der Waals surface area contributed by atoms with Crippen molar-refractivity contribution in [1.82, 2.24) is 9.55 Å². The molecule has 15 heteroatoms. The lowest BCUT2D eigenvalue weighted by Gasteiger charge is -2.28. The van der Waals surface area contributed by atoms with E-state index in [-0.39, 0.29) is 22.6 Å². The SMILES string of the molecule is O=Cc1cn([C@@H]2O[C@](F)(COP3(=O)OCc4cc(Cl)ccc4O3)[C@@H](O)[C@H]2O)c(=O)[nH]c1=S. The summed E-state index contributed by atoms with van der Waals surface area (Å²) in [6.07, 6.45) is -4.65. The molecule has 0 saturated carbocycles. The van der Waals surface area contributed by atoms with E-state index < -0.39 is 44.4 Å². The number of aromatic amines is 1. The predicted octanol–water partition coefficient (Wildman–Crippen LogP) is 2.02. The van der Waals surface area contributed by atoms with Crippen molar-refractivity contribution < 1.29 is 42.3 Å². The lowest BCUT2D eigenvalue weighted by Crippen LogP contribution is -2.43. The van der Waals surface area contributed by atoms with Gasteiger partial charge in [0.25, 0.3) is 5.85 Å². The Morgan fingerprint density at radius 1 is 1.47 bits per heavy atom. The quantitative estimate of drug-likeness (QED) is 0.311. The first-order chi connectivity index (χ1) is 15.0. The predicted molar refractivity (Wildman–Crippen MR) is 108 cm³/mol. The first-order valence-corrected chi connectivity index (χ1v) is 11.2. The summed E-state index contributed by atoms with van der Waals surface area (Å²) in [6.45, 7) is -1.38. The minimum Gasteiger partial charge on any atom is -0.404 e. The maximum Gasteiger partial charge on any atom is 0.530 e. The molecule has 0 amide bonds. The number of phosphoric ester groups is 1. The van der Waals surface area contributed by atoms with Crippen molar-refractivity contribution in [2.75, 3.05) is 6.61 Å². The van der Waals surface area contributed by atoms with Gasteiger partial charge in [0.2, 0.25) is 0 Å². The molecule has 3 N–H and O–H groups in total. The number of aldehydes is 1. The lowest BCUT2D eigenvalue weighted by molar-refractivity contribution is -0.205. The molecule has 2 aliphatic rings. The number of ether oxygens (including phenoxy) is 1. The van der Waals surface area contributed by atoms with Crippen LogP contribution in [0.3, 0.4) is 0 Å². The van der Waals surface area contributed by atoms with Crippen molar-refractivity contribution in [2.24, 2.45) is 0 Å². The fourth-order valence-corrected chi connectivity index (χ4v) is 4.75. The number of benzene rings is 1. The zero-order valence-corrected chi connectivity index (χ0v) is 18.3. The number of hydrogen-bond acceptors (Lipinski definition) is 10. The normalized spacial score (nSPS) is 31.7. The van der Waals surface area contributed by atoms with Crippen LogP contribution in [0.4, 0.5) is 4.39 Å². The standard InChI is InChI=1S/C17H15ClFN2O9PS/c18-10-1-2-11-8(3-10)6-27-31(26,30-11)28-7-17(19)13(24)12(23)15(29-17)21-4-9(5-22)14(32)20-16(21)25/h1-5,12-13,15,23-24H,6-7H2,(H,20,25,32)/t12-,13+,15-,17-,31?/m1/s1. The van der Waals surface area contributed by atoms with Crippen molar-refractivity contribution in [3.8, 4) is 5.75 Å². The first kappa shape index (κ1) is 23.2. The molecule has 5 atom stereocenters. The lowest BCUT2D eigenvalue weighted by atomic mass is 10.1. The second kappa shape index (κ2) is 8.43. The Hall–Kier alpha value is -1.96. The number of alkyl halides is 1. The van der Waals surface area contributed by atoms with Gasteiger partial charge in [0, 0.05) is 16.8 Å². The number of aliphatic hydroxyl groups is 2. The molecule has 1 aromatic carbocycles. The van der Waals surface area contributed by atoms with Gasteiger partial charge in [0.15, 0.2) is 12.5 Å². The molecule has 0 aliphatic carbocycles. The summed E-state index contributed by atoms with van der Waals surface area (Å²) in [6, 6.07) is 4.44. The summed E-state index contributed by atoms with van der Waals surface area (Å²) in [7, 11) is -4.31. The third-order valence-electron chi connectivity index (χ3n) is 4.80. The number of carbonyl (C=O) groups excluding carboxylic acids is 1. The van der Waals surface area contributed by atoms with Crippen LogP contribution in [0, 0.1) is 4.64 Å². The highest BCUT2D eigenvalue weighted by Crippen LogP contribution is 2.56. The van der Waals surface area contributed by atoms with Crippen LogP contribution in [0.15, 0.2) is 29.2 Å². The topological polar surface area (TPSA) is 149 Å². The molecule has 0 radical (unpaired) electrons. The van der Waals surface area contributed by atoms with Crippen LogP contribution >= 0.6 is 31.6 Å². The van der Waals surface area contributed by atoms with Gasteiger partial charge in [-0.1, -0.05) is 23.8 Å². The Bertz CT molecular complexity index is 1240. The highest BCUT2D eigenvalue weighted by molar-refractivity contribution is 7.71. The largest absolute Gasteiger partial charge is 0.530 e. The van der Waals surface area contributed by atoms with E-state index in [1.165, 1.54) is 18.2 Å². The van der Waals surface area contributed by atoms with Gasteiger partial charge in [-0.2, -0.15) is 0 Å². The number of aromatic nitrogens is 2. The minimum absolute atomic E-state index is 0.135. The Kier molecular flexibility index (Phi) is 6.11. The zero-order valence-electron chi connectivity index (χ0n) is 15.8. The number of H-pyrrole nitrogens is 1. The number of rotatable bonds is 5. The Labute approximate surface area is 188 Å². The summed E-state index contributed by atoms with van der Waals surface area (Å²) in [4.78, 5) is 25.4. The summed E-state index contributed by atoms with van der Waals surface area (Å²) < 4.78 is 48.8. The van der Waals surface area contributed by atoms with Gasteiger partial charge in [-0.15, -0.1) is 0 Å². The second-order valence-corrected chi connectivity index (χ2v) is 9.37. The van der Waals surface area contributed by atoms with Gasteiger partial charge < -0.3 is 19.5 Å². The Morgan fingerprint density at radius 3 is 2.94 bits per heavy atom. The average Bonchev–Trinajstić information content (AvgIpc) is 2.97. The molecule has 11 nitrogen and oxygen atoms in total. The number of halogens is 2. The van der Waals surface area contributed by atoms with Crippen LogP contribution in [0.2, 0.25) is 5.02 Å². The fourth-order valence-electron chi connectivity index (χ4n) is 3.14. The molecule has 1 saturated heterocycles. The van der Waals surface area contributed by atoms with E-state index in [4.69, 9.17) is 42.1 Å². The molecule has 2 aromatic rings. The smallest absolute Gasteiger partial charge is 0.404 e. The first-order valence-electron chi connectivity index (χ1n) is 8.96. The number of nitrogens with one attached hydrogen (secondary N) is 1. The third kappa shape index (κ3) is 4.18. The number of phosphoric acid groups is 1. The fraction of sp³-hybridized carbons (Fsp3) is 0.353. The highest BCUT2D eigenvalue weighted by atomic mass is 35.5. The van der Waals surface area contributed by atoms with Gasteiger partial charge >= 0.3 is 13.5 Å². The maximum atomic E-state index is 15.3. The zero-order chi connectivity index (χ0) is 23.3. The van der Waals surface area contributed by atoms with Gasteiger partial charge in [0.05, 0.1) is 12.2 Å². The minimum atomic E-state index is -4.31. The molecule has 172 valence electrons. The monoisotopic (exact) mass is 508 g/mol. The van der Waals surface area contributed by atoms with Crippen molar-refractivity contribution >= 4 is 37.9 Å². The summed E-state index contributed by atoms with van der Waals surface area (Å²) >= 11 is 10.7. The van der Waals surface area contributed by atoms with Crippen molar-refractivity contribution in [3.63, 3.8) is 0 Å². The number of fused-ring (bicyclic) bond motifs is 1. The van der Waals surface area contributed by atoms with E-state index in [0.29, 0.717) is 21.4 Å². The molecule has 3 heterocycles. The van der Waals surface area contributed by atoms with Crippen molar-refractivity contribution in [1.29, 1.82) is 0 Å². The summed E-state index contributed by atoms with van der Waals surface area (Å²) in [5.41, 5.74) is -0.573. The molecule has 0 spiro atoms. The van der Waals surface area contributed by atoms with Gasteiger partial charge in [-0.25, -0.2) is 13.8 Å². The molecular weight excluding hydrogens is 494 g/mol. The van der Waals surface area contributed by atoms with Crippen molar-refractivity contribution in [3.05, 3.63) is 55.7 Å². The van der Waals surface area contributed by atoms with Crippen LogP contribution in [-0.4, -0.2) is 50.7 Å². The van der Waals surface area contributed by atoms with E-state index in [1.807, 2.05) is 0 Å². The molecule has 4 rings (SSSR count). The molecule has 1 unspecified atom stereocenters. The maximum absolute atomic E-state index is 15.3. The van der Waals surface area contributed by atoms with Crippen LogP contribution in [0.1, 0.15) is 22.1 Å². The van der Waals surface area contributed by atoms with E-state index in [1.54, 1.807) is 0 Å². The van der Waals surface area contributed by atoms with E-state index in [2.05, 4.69) is 4.98 Å². The number of carbonyl (C=O) groups is 1. The molecular formula is C17H15ClFN2O9PS. The summed E-state index contributed by atoms with van der Waals surface area (Å²) in [5.74, 6) is -2.96. The second-order valence-electron chi connectivity index (χ2n) is 6.94. The van der Waals surface area contributed by atoms with Crippen LogP contribution < -0.4 is 10.2 Å². The van der Waals surface area contributed by atoms with Crippen LogP contribution in [0.25, 0.3) is 0 Å². The van der Waals surface area contributed by atoms with Gasteiger partial charge in [-0.3, -0.25) is 23.4 Å². The Balaban J connectivity index is 1.53. The van der Waals surface area contributed by atoms with E-state index >= 15 is 4.39 Å². The molecule has 32 heavy (non-hydrogen) atoms. The van der Waals surface area contributed by atoms with Gasteiger partial charge in [0.1, 0.15) is 29.2 Å². The summed E-state index contributed by atoms with van der Waals surface area (Å²) in [5, 5.41) is 20.8. The van der Waals surface area contributed by atoms with Crippen LogP contribution in [-0.2, 0) is 25.0 Å². The van der Waals surface area contributed by atoms with Gasteiger partial charge in [-0.05, 0) is 18.2 Å². The highest BCUT2D eigenvalue weighted by Gasteiger charge is 2.57. The van der Waals surface area contributed by atoms with Crippen molar-refractivity contribution in [2.45, 2.75) is 30.9 Å².